The van der Waals surface area contributed by atoms with Crippen molar-refractivity contribution in [2.75, 3.05) is 5.73 Å². The topological polar surface area (TPSA) is 56.7 Å². The molecule has 0 aliphatic heterocycles. The van der Waals surface area contributed by atoms with E-state index in [0.717, 1.165) is 27.9 Å². The van der Waals surface area contributed by atoms with Gasteiger partial charge in [0.2, 0.25) is 0 Å². The first kappa shape index (κ1) is 13.6. The number of rotatable bonds is 2. The second-order valence-electron chi connectivity index (χ2n) is 4.99. The summed E-state index contributed by atoms with van der Waals surface area (Å²) in [5, 5.41) is 5.24. The molecule has 2 aromatic heterocycles. The minimum absolute atomic E-state index is 0.619. The predicted octanol–water partition coefficient (Wildman–Crippen LogP) is 3.69. The van der Waals surface area contributed by atoms with E-state index in [4.69, 9.17) is 17.3 Å². The van der Waals surface area contributed by atoms with Crippen molar-refractivity contribution in [3.63, 3.8) is 0 Å². The highest BCUT2D eigenvalue weighted by Gasteiger charge is 2.17. The Morgan fingerprint density at radius 1 is 1.10 bits per heavy atom. The van der Waals surface area contributed by atoms with Gasteiger partial charge in [-0.3, -0.25) is 9.67 Å². The Kier molecular flexibility index (Phi) is 3.39. The zero-order chi connectivity index (χ0) is 15.0. The van der Waals surface area contributed by atoms with E-state index in [2.05, 4.69) is 16.1 Å². The van der Waals surface area contributed by atoms with Crippen molar-refractivity contribution in [3.8, 4) is 22.4 Å². The standard InChI is InChI=1S/C16H15ClN4/c1-10-7-12(9-13(17)8-10)15-14(16(18)21(2)20-15)11-3-5-19-6-4-11/h3-9H,18H2,1-2H3. The van der Waals surface area contributed by atoms with Crippen LogP contribution in [0.2, 0.25) is 5.02 Å². The molecule has 3 aromatic rings. The lowest BCUT2D eigenvalue weighted by molar-refractivity contribution is 0.782. The molecule has 4 nitrogen and oxygen atoms in total. The molecule has 1 aromatic carbocycles. The van der Waals surface area contributed by atoms with Crippen LogP contribution in [0.4, 0.5) is 5.82 Å². The van der Waals surface area contributed by atoms with Crippen LogP contribution in [0.15, 0.2) is 42.7 Å². The average Bonchev–Trinajstić information content (AvgIpc) is 2.75. The lowest BCUT2D eigenvalue weighted by Crippen LogP contribution is -1.97. The van der Waals surface area contributed by atoms with Gasteiger partial charge < -0.3 is 5.73 Å². The predicted molar refractivity (Wildman–Crippen MR) is 86.0 cm³/mol. The van der Waals surface area contributed by atoms with Crippen LogP contribution in [-0.2, 0) is 7.05 Å². The van der Waals surface area contributed by atoms with Crippen molar-refractivity contribution in [1.82, 2.24) is 14.8 Å². The van der Waals surface area contributed by atoms with Crippen molar-refractivity contribution in [2.24, 2.45) is 7.05 Å². The Hall–Kier alpha value is -2.33. The number of halogens is 1. The number of nitrogens with two attached hydrogens (primary N) is 1. The van der Waals surface area contributed by atoms with E-state index in [9.17, 15) is 0 Å². The highest BCUT2D eigenvalue weighted by Crippen LogP contribution is 2.36. The summed E-state index contributed by atoms with van der Waals surface area (Å²) < 4.78 is 1.68. The van der Waals surface area contributed by atoms with Gasteiger partial charge in [0.1, 0.15) is 11.5 Å². The Balaban J connectivity index is 2.26. The van der Waals surface area contributed by atoms with Gasteiger partial charge >= 0.3 is 0 Å². The van der Waals surface area contributed by atoms with Gasteiger partial charge in [-0.25, -0.2) is 0 Å². The molecule has 0 bridgehead atoms. The third-order valence-electron chi connectivity index (χ3n) is 3.38. The first-order valence-electron chi connectivity index (χ1n) is 6.56. The van der Waals surface area contributed by atoms with Gasteiger partial charge in [-0.1, -0.05) is 11.6 Å². The normalized spacial score (nSPS) is 10.8. The summed E-state index contributed by atoms with van der Waals surface area (Å²) in [4.78, 5) is 4.05. The van der Waals surface area contributed by atoms with Gasteiger partial charge in [-0.15, -0.1) is 0 Å². The van der Waals surface area contributed by atoms with Crippen LogP contribution < -0.4 is 5.73 Å². The number of nitrogens with zero attached hydrogens (tertiary/aromatic N) is 3. The van der Waals surface area contributed by atoms with E-state index in [1.807, 2.05) is 38.2 Å². The number of pyridine rings is 1. The quantitative estimate of drug-likeness (QED) is 0.785. The Morgan fingerprint density at radius 2 is 1.81 bits per heavy atom. The third kappa shape index (κ3) is 2.50. The van der Waals surface area contributed by atoms with Gasteiger partial charge in [-0.2, -0.15) is 5.10 Å². The lowest BCUT2D eigenvalue weighted by atomic mass is 10.0. The van der Waals surface area contributed by atoms with Crippen LogP contribution in [0.25, 0.3) is 22.4 Å². The molecule has 0 radical (unpaired) electrons. The zero-order valence-corrected chi connectivity index (χ0v) is 12.6. The van der Waals surface area contributed by atoms with Crippen molar-refractivity contribution in [3.05, 3.63) is 53.3 Å². The molecule has 0 unspecified atom stereocenters. The molecule has 3 rings (SSSR count). The summed E-state index contributed by atoms with van der Waals surface area (Å²) in [6.45, 7) is 2.01. The minimum atomic E-state index is 0.619. The van der Waals surface area contributed by atoms with Crippen LogP contribution in [-0.4, -0.2) is 14.8 Å². The minimum Gasteiger partial charge on any atom is -0.383 e. The van der Waals surface area contributed by atoms with Gasteiger partial charge in [0.25, 0.3) is 0 Å². The lowest BCUT2D eigenvalue weighted by Gasteiger charge is -2.05. The van der Waals surface area contributed by atoms with E-state index in [1.165, 1.54) is 0 Å². The number of aromatic nitrogens is 3. The van der Waals surface area contributed by atoms with Crippen LogP contribution in [0.5, 0.6) is 0 Å². The molecule has 21 heavy (non-hydrogen) atoms. The first-order chi connectivity index (χ1) is 10.1. The molecule has 0 amide bonds. The number of anilines is 1. The number of hydrogen-bond donors (Lipinski definition) is 1. The third-order valence-corrected chi connectivity index (χ3v) is 3.59. The van der Waals surface area contributed by atoms with Crippen LogP contribution in [0.3, 0.4) is 0 Å². The summed E-state index contributed by atoms with van der Waals surface area (Å²) >= 11 is 6.17. The Bertz CT molecular complexity index is 773. The van der Waals surface area contributed by atoms with Crippen LogP contribution >= 0.6 is 11.6 Å². The zero-order valence-electron chi connectivity index (χ0n) is 11.8. The Labute approximate surface area is 128 Å². The number of benzene rings is 1. The van der Waals surface area contributed by atoms with Crippen molar-refractivity contribution in [2.45, 2.75) is 6.92 Å². The molecule has 2 heterocycles. The maximum absolute atomic E-state index is 6.20. The largest absolute Gasteiger partial charge is 0.383 e. The van der Waals surface area contributed by atoms with Gasteiger partial charge in [-0.05, 0) is 48.4 Å². The van der Waals surface area contributed by atoms with E-state index in [-0.39, 0.29) is 0 Å². The smallest absolute Gasteiger partial charge is 0.129 e. The molecule has 0 aliphatic rings. The van der Waals surface area contributed by atoms with Crippen LogP contribution in [0.1, 0.15) is 5.56 Å². The molecule has 0 saturated carbocycles. The summed E-state index contributed by atoms with van der Waals surface area (Å²) in [7, 11) is 1.83. The van der Waals surface area contributed by atoms with Crippen molar-refractivity contribution in [1.29, 1.82) is 0 Å². The highest BCUT2D eigenvalue weighted by molar-refractivity contribution is 6.31. The van der Waals surface area contributed by atoms with E-state index in [0.29, 0.717) is 10.8 Å². The van der Waals surface area contributed by atoms with Gasteiger partial charge in [0, 0.05) is 30.0 Å². The van der Waals surface area contributed by atoms with E-state index in [1.54, 1.807) is 17.1 Å². The molecule has 0 saturated heterocycles. The summed E-state index contributed by atoms with van der Waals surface area (Å²) in [6.07, 6.45) is 3.49. The number of nitrogen functional groups attached to an aromatic ring is 1. The molecule has 0 spiro atoms. The SMILES string of the molecule is Cc1cc(Cl)cc(-c2nn(C)c(N)c2-c2ccncc2)c1. The Morgan fingerprint density at radius 3 is 2.48 bits per heavy atom. The fourth-order valence-corrected chi connectivity index (χ4v) is 2.70. The maximum atomic E-state index is 6.20. The molecular formula is C16H15ClN4. The summed E-state index contributed by atoms with van der Waals surface area (Å²) in [5.41, 5.74) is 11.0. The summed E-state index contributed by atoms with van der Waals surface area (Å²) in [5.74, 6) is 0.619. The molecule has 0 aliphatic carbocycles. The van der Waals surface area contributed by atoms with Crippen LogP contribution in [0, 0.1) is 6.92 Å². The first-order valence-corrected chi connectivity index (χ1v) is 6.94. The molecule has 2 N–H and O–H groups in total. The molecule has 5 heteroatoms. The fourth-order valence-electron chi connectivity index (χ4n) is 2.42. The fraction of sp³-hybridized carbons (Fsp3) is 0.125. The van der Waals surface area contributed by atoms with Gasteiger partial charge in [0.05, 0.1) is 5.56 Å². The maximum Gasteiger partial charge on any atom is 0.129 e. The monoisotopic (exact) mass is 298 g/mol. The molecule has 0 atom stereocenters. The highest BCUT2D eigenvalue weighted by atomic mass is 35.5. The average molecular weight is 299 g/mol. The molecule has 0 fully saturated rings. The second kappa shape index (κ2) is 5.22. The molecule has 106 valence electrons. The van der Waals surface area contributed by atoms with Crippen molar-refractivity contribution >= 4 is 17.4 Å². The second-order valence-corrected chi connectivity index (χ2v) is 5.42. The molecular weight excluding hydrogens is 284 g/mol. The van der Waals surface area contributed by atoms with Gasteiger partial charge in [0.15, 0.2) is 0 Å². The summed E-state index contributed by atoms with van der Waals surface area (Å²) in [6, 6.07) is 9.73. The van der Waals surface area contributed by atoms with E-state index >= 15 is 0 Å². The van der Waals surface area contributed by atoms with Crippen molar-refractivity contribution < 1.29 is 0 Å². The number of aryl methyl sites for hydroxylation is 2. The van der Waals surface area contributed by atoms with E-state index < -0.39 is 0 Å². The number of hydrogen-bond acceptors (Lipinski definition) is 3.